The zero-order valence-electron chi connectivity index (χ0n) is 15.9. The van der Waals surface area contributed by atoms with Crippen molar-refractivity contribution in [1.82, 2.24) is 15.0 Å². The van der Waals surface area contributed by atoms with Gasteiger partial charge in [-0.2, -0.15) is 18.2 Å². The number of halogens is 3. The molecule has 4 aromatic rings. The molecule has 0 atom stereocenters. The topological polar surface area (TPSA) is 91.0 Å². The smallest absolute Gasteiger partial charge is 0.401 e. The normalized spacial score (nSPS) is 11.5. The standard InChI is InChI=1S/C22H15F3N4O2/c23-22(24,25)21(30)31-17-11-10-16-20(28-17)29-19(14-4-2-1-3-5-14)18(27-16)15-8-6-13(12-26)7-9-15/h1-11H,12,26H2. The summed E-state index contributed by atoms with van der Waals surface area (Å²) in [5.41, 5.74) is 9.60. The number of alkyl halides is 3. The first-order valence-electron chi connectivity index (χ1n) is 9.18. The lowest BCUT2D eigenvalue weighted by Gasteiger charge is -2.11. The molecule has 156 valence electrons. The molecule has 0 saturated heterocycles. The van der Waals surface area contributed by atoms with E-state index in [1.54, 1.807) is 0 Å². The van der Waals surface area contributed by atoms with Crippen molar-refractivity contribution in [3.63, 3.8) is 0 Å². The molecule has 2 heterocycles. The van der Waals surface area contributed by atoms with Crippen LogP contribution in [0.15, 0.2) is 66.7 Å². The molecule has 0 radical (unpaired) electrons. The fraction of sp³-hybridized carbons (Fsp3) is 0.0909. The number of aromatic nitrogens is 3. The van der Waals surface area contributed by atoms with Crippen molar-refractivity contribution in [2.45, 2.75) is 12.7 Å². The molecule has 6 nitrogen and oxygen atoms in total. The Labute approximate surface area is 174 Å². The summed E-state index contributed by atoms with van der Waals surface area (Å²) in [7, 11) is 0. The number of nitrogens with two attached hydrogens (primary N) is 1. The molecule has 4 rings (SSSR count). The van der Waals surface area contributed by atoms with Gasteiger partial charge in [-0.1, -0.05) is 54.6 Å². The van der Waals surface area contributed by atoms with Crippen LogP contribution in [-0.2, 0) is 11.3 Å². The largest absolute Gasteiger partial charge is 0.491 e. The van der Waals surface area contributed by atoms with Crippen molar-refractivity contribution in [3.8, 4) is 28.4 Å². The molecule has 0 saturated carbocycles. The average Bonchev–Trinajstić information content (AvgIpc) is 2.78. The first-order chi connectivity index (χ1) is 14.8. The third-order valence-corrected chi connectivity index (χ3v) is 4.44. The van der Waals surface area contributed by atoms with E-state index in [4.69, 9.17) is 5.73 Å². The summed E-state index contributed by atoms with van der Waals surface area (Å²) < 4.78 is 41.8. The highest BCUT2D eigenvalue weighted by Gasteiger charge is 2.41. The van der Waals surface area contributed by atoms with Gasteiger partial charge in [-0.25, -0.2) is 14.8 Å². The zero-order valence-corrected chi connectivity index (χ0v) is 15.9. The Bertz CT molecular complexity index is 1240. The van der Waals surface area contributed by atoms with E-state index in [1.165, 1.54) is 6.07 Å². The lowest BCUT2D eigenvalue weighted by Crippen LogP contribution is -2.28. The number of fused-ring (bicyclic) bond motifs is 1. The molecule has 0 aliphatic rings. The van der Waals surface area contributed by atoms with Gasteiger partial charge < -0.3 is 10.5 Å². The second kappa shape index (κ2) is 8.11. The van der Waals surface area contributed by atoms with E-state index in [0.717, 1.165) is 22.8 Å². The molecule has 0 aliphatic carbocycles. The van der Waals surface area contributed by atoms with Gasteiger partial charge in [0.2, 0.25) is 5.88 Å². The van der Waals surface area contributed by atoms with Gasteiger partial charge >= 0.3 is 12.1 Å². The second-order valence-corrected chi connectivity index (χ2v) is 6.57. The highest BCUT2D eigenvalue weighted by Crippen LogP contribution is 2.31. The Kier molecular flexibility index (Phi) is 5.35. The van der Waals surface area contributed by atoms with Gasteiger partial charge in [0.25, 0.3) is 0 Å². The summed E-state index contributed by atoms with van der Waals surface area (Å²) in [4.78, 5) is 24.2. The Balaban J connectivity index is 1.85. The van der Waals surface area contributed by atoms with Crippen LogP contribution in [-0.4, -0.2) is 27.1 Å². The van der Waals surface area contributed by atoms with Crippen molar-refractivity contribution >= 4 is 17.1 Å². The minimum atomic E-state index is -5.13. The van der Waals surface area contributed by atoms with Crippen LogP contribution in [0.3, 0.4) is 0 Å². The van der Waals surface area contributed by atoms with E-state index in [-0.39, 0.29) is 5.65 Å². The number of carbonyl (C=O) groups excluding carboxylic acids is 1. The van der Waals surface area contributed by atoms with Crippen LogP contribution >= 0.6 is 0 Å². The summed E-state index contributed by atoms with van der Waals surface area (Å²) >= 11 is 0. The molecule has 0 amide bonds. The van der Waals surface area contributed by atoms with Crippen LogP contribution in [0.5, 0.6) is 5.88 Å². The molecule has 2 aromatic carbocycles. The molecular weight excluding hydrogens is 409 g/mol. The minimum absolute atomic E-state index is 0.0497. The molecule has 2 aromatic heterocycles. The molecular formula is C22H15F3N4O2. The molecule has 9 heteroatoms. The lowest BCUT2D eigenvalue weighted by atomic mass is 10.0. The number of hydrogen-bond donors (Lipinski definition) is 1. The minimum Gasteiger partial charge on any atom is -0.401 e. The summed E-state index contributed by atoms with van der Waals surface area (Å²) in [6.45, 7) is 0.401. The van der Waals surface area contributed by atoms with E-state index in [0.29, 0.717) is 23.4 Å². The van der Waals surface area contributed by atoms with Gasteiger partial charge in [0.05, 0.1) is 11.4 Å². The number of hydrogen-bond acceptors (Lipinski definition) is 6. The van der Waals surface area contributed by atoms with Gasteiger partial charge in [0.1, 0.15) is 5.52 Å². The number of pyridine rings is 1. The number of esters is 1. The Morgan fingerprint density at radius 2 is 1.48 bits per heavy atom. The Hall–Kier alpha value is -3.85. The van der Waals surface area contributed by atoms with Crippen LogP contribution in [0.25, 0.3) is 33.7 Å². The van der Waals surface area contributed by atoms with Crippen molar-refractivity contribution < 1.29 is 22.7 Å². The van der Waals surface area contributed by atoms with Gasteiger partial charge in [-0.15, -0.1) is 0 Å². The summed E-state index contributed by atoms with van der Waals surface area (Å²) in [6, 6.07) is 19.2. The van der Waals surface area contributed by atoms with Gasteiger partial charge in [-0.3, -0.25) is 0 Å². The average molecular weight is 424 g/mol. The van der Waals surface area contributed by atoms with E-state index >= 15 is 0 Å². The number of carbonyl (C=O) groups is 1. The van der Waals surface area contributed by atoms with Gasteiger partial charge in [0, 0.05) is 23.7 Å². The molecule has 0 fully saturated rings. The fourth-order valence-electron chi connectivity index (χ4n) is 2.93. The van der Waals surface area contributed by atoms with Crippen molar-refractivity contribution in [1.29, 1.82) is 0 Å². The number of nitrogens with zero attached hydrogens (tertiary/aromatic N) is 3. The number of benzene rings is 2. The maximum absolute atomic E-state index is 12.5. The van der Waals surface area contributed by atoms with E-state index in [1.807, 2.05) is 54.6 Å². The highest BCUT2D eigenvalue weighted by atomic mass is 19.4. The maximum Gasteiger partial charge on any atom is 0.491 e. The molecule has 0 unspecified atom stereocenters. The van der Waals surface area contributed by atoms with Crippen molar-refractivity contribution in [3.05, 3.63) is 72.3 Å². The first kappa shape index (κ1) is 20.4. The van der Waals surface area contributed by atoms with Crippen LogP contribution in [0.4, 0.5) is 13.2 Å². The molecule has 31 heavy (non-hydrogen) atoms. The van der Waals surface area contributed by atoms with E-state index in [9.17, 15) is 18.0 Å². The maximum atomic E-state index is 12.5. The Morgan fingerprint density at radius 1 is 0.839 bits per heavy atom. The van der Waals surface area contributed by atoms with Gasteiger partial charge in [0.15, 0.2) is 5.65 Å². The summed E-state index contributed by atoms with van der Waals surface area (Å²) in [6.07, 6.45) is -5.13. The molecule has 0 bridgehead atoms. The summed E-state index contributed by atoms with van der Waals surface area (Å²) in [5, 5.41) is 0. The molecule has 2 N–H and O–H groups in total. The number of rotatable bonds is 4. The van der Waals surface area contributed by atoms with Crippen molar-refractivity contribution in [2.24, 2.45) is 5.73 Å². The van der Waals surface area contributed by atoms with Crippen LogP contribution in [0.1, 0.15) is 5.56 Å². The van der Waals surface area contributed by atoms with Crippen LogP contribution in [0, 0.1) is 0 Å². The molecule has 0 aliphatic heterocycles. The van der Waals surface area contributed by atoms with E-state index < -0.39 is 18.0 Å². The van der Waals surface area contributed by atoms with E-state index in [2.05, 4.69) is 19.7 Å². The second-order valence-electron chi connectivity index (χ2n) is 6.57. The fourth-order valence-corrected chi connectivity index (χ4v) is 2.93. The quantitative estimate of drug-likeness (QED) is 0.492. The SMILES string of the molecule is NCc1ccc(-c2nc3ccc(OC(=O)C(F)(F)F)nc3nc2-c2ccccc2)cc1. The highest BCUT2D eigenvalue weighted by molar-refractivity contribution is 5.85. The number of ether oxygens (including phenoxy) is 1. The third kappa shape index (κ3) is 4.36. The van der Waals surface area contributed by atoms with Crippen LogP contribution < -0.4 is 10.5 Å². The third-order valence-electron chi connectivity index (χ3n) is 4.44. The zero-order chi connectivity index (χ0) is 22.0. The van der Waals surface area contributed by atoms with Gasteiger partial charge in [-0.05, 0) is 11.6 Å². The molecule has 0 spiro atoms. The summed E-state index contributed by atoms with van der Waals surface area (Å²) in [5.74, 6) is -2.87. The first-order valence-corrected chi connectivity index (χ1v) is 9.18. The monoisotopic (exact) mass is 424 g/mol. The predicted molar refractivity (Wildman–Crippen MR) is 108 cm³/mol. The van der Waals surface area contributed by atoms with Crippen LogP contribution in [0.2, 0.25) is 0 Å². The predicted octanol–water partition coefficient (Wildman–Crippen LogP) is 4.29. The van der Waals surface area contributed by atoms with Crippen molar-refractivity contribution in [2.75, 3.05) is 0 Å². The Morgan fingerprint density at radius 3 is 2.13 bits per heavy atom. The lowest BCUT2D eigenvalue weighted by molar-refractivity contribution is -0.189.